The van der Waals surface area contributed by atoms with Gasteiger partial charge in [-0.1, -0.05) is 103 Å². The van der Waals surface area contributed by atoms with E-state index in [9.17, 15) is 0 Å². The normalized spacial score (nSPS) is 13.1. The van der Waals surface area contributed by atoms with E-state index < -0.39 is 0 Å². The van der Waals surface area contributed by atoms with Crippen LogP contribution in [-0.4, -0.2) is 20.1 Å². The maximum absolute atomic E-state index is 2.42. The minimum Gasteiger partial charge on any atom is -1.00 e. The number of aryl methyl sites for hydroxylation is 1. The van der Waals surface area contributed by atoms with Gasteiger partial charge in [-0.15, -0.1) is 0 Å². The summed E-state index contributed by atoms with van der Waals surface area (Å²) in [5.41, 5.74) is 3.00. The first-order valence-electron chi connectivity index (χ1n) is 13.1. The Kier molecular flexibility index (Phi) is 18.8. The van der Waals surface area contributed by atoms with Crippen LogP contribution in [-0.2, 0) is 6.42 Å². The summed E-state index contributed by atoms with van der Waals surface area (Å²) in [5.74, 6) is 0. The molecule has 0 aromatic heterocycles. The fraction of sp³-hybridized carbons (Fsp3) is 0.786. The SMILES string of the molecule is CCCCCCCCCCCCCC[N+](C)(CC)c1ccc(CCCCC)cc1.[Cl-]. The Morgan fingerprint density at radius 1 is 0.567 bits per heavy atom. The van der Waals surface area contributed by atoms with Crippen LogP contribution in [0.15, 0.2) is 24.3 Å². The molecule has 1 aromatic carbocycles. The summed E-state index contributed by atoms with van der Waals surface area (Å²) >= 11 is 0. The van der Waals surface area contributed by atoms with Crippen LogP contribution in [0.1, 0.15) is 123 Å². The van der Waals surface area contributed by atoms with Crippen molar-refractivity contribution >= 4 is 5.69 Å². The monoisotopic (exact) mass is 437 g/mol. The minimum absolute atomic E-state index is 0. The largest absolute Gasteiger partial charge is 1.00 e. The molecule has 0 saturated heterocycles. The van der Waals surface area contributed by atoms with Gasteiger partial charge in [0.15, 0.2) is 0 Å². The minimum atomic E-state index is 0. The van der Waals surface area contributed by atoms with Gasteiger partial charge in [0.25, 0.3) is 0 Å². The van der Waals surface area contributed by atoms with Crippen LogP contribution in [0.5, 0.6) is 0 Å². The highest BCUT2D eigenvalue weighted by Crippen LogP contribution is 2.23. The molecular weight excluding hydrogens is 386 g/mol. The molecule has 0 N–H and O–H groups in total. The van der Waals surface area contributed by atoms with Crippen molar-refractivity contribution < 1.29 is 12.4 Å². The van der Waals surface area contributed by atoms with E-state index in [0.29, 0.717) is 0 Å². The number of quaternary nitrogens is 1. The van der Waals surface area contributed by atoms with Crippen LogP contribution in [0.3, 0.4) is 0 Å². The third-order valence-electron chi connectivity index (χ3n) is 6.83. The van der Waals surface area contributed by atoms with Crippen LogP contribution in [0, 0.1) is 0 Å². The lowest BCUT2D eigenvalue weighted by Crippen LogP contribution is -3.00. The van der Waals surface area contributed by atoms with Crippen LogP contribution >= 0.6 is 0 Å². The second kappa shape index (κ2) is 19.2. The average Bonchev–Trinajstić information content (AvgIpc) is 2.75. The zero-order valence-electron chi connectivity index (χ0n) is 20.9. The Balaban J connectivity index is 0.00000841. The quantitative estimate of drug-likeness (QED) is 0.181. The van der Waals surface area contributed by atoms with Crippen LogP contribution < -0.4 is 16.9 Å². The number of unbranched alkanes of at least 4 members (excludes halogenated alkanes) is 13. The van der Waals surface area contributed by atoms with Crippen molar-refractivity contribution in [3.8, 4) is 0 Å². The Bertz CT molecular complexity index is 484. The zero-order chi connectivity index (χ0) is 21.2. The highest BCUT2D eigenvalue weighted by atomic mass is 35.5. The summed E-state index contributed by atoms with van der Waals surface area (Å²) in [6.45, 7) is 9.39. The number of rotatable bonds is 19. The van der Waals surface area contributed by atoms with Gasteiger partial charge in [0.2, 0.25) is 0 Å². The lowest BCUT2D eigenvalue weighted by Gasteiger charge is -2.33. The first-order valence-corrected chi connectivity index (χ1v) is 13.1. The van der Waals surface area contributed by atoms with Gasteiger partial charge in [-0.2, -0.15) is 0 Å². The first kappa shape index (κ1) is 29.5. The maximum atomic E-state index is 2.42. The number of halogens is 1. The molecule has 0 fully saturated rings. The average molecular weight is 438 g/mol. The summed E-state index contributed by atoms with van der Waals surface area (Å²) in [6.07, 6.45) is 22.4. The van der Waals surface area contributed by atoms with Gasteiger partial charge < -0.3 is 12.4 Å². The second-order valence-electron chi connectivity index (χ2n) is 9.45. The highest BCUT2D eigenvalue weighted by Gasteiger charge is 2.21. The lowest BCUT2D eigenvalue weighted by molar-refractivity contribution is -0.00000647. The molecule has 0 aliphatic rings. The number of benzene rings is 1. The Morgan fingerprint density at radius 2 is 1.00 bits per heavy atom. The van der Waals surface area contributed by atoms with Gasteiger partial charge in [0.1, 0.15) is 5.69 Å². The number of hydrogen-bond donors (Lipinski definition) is 0. The van der Waals surface area contributed by atoms with Gasteiger partial charge in [0, 0.05) is 0 Å². The topological polar surface area (TPSA) is 0 Å². The molecule has 0 saturated carbocycles. The van der Waals surface area contributed by atoms with Crippen molar-refractivity contribution in [2.24, 2.45) is 0 Å². The summed E-state index contributed by atoms with van der Waals surface area (Å²) < 4.78 is 1.09. The van der Waals surface area contributed by atoms with Crippen molar-refractivity contribution in [2.75, 3.05) is 20.1 Å². The van der Waals surface area contributed by atoms with Crippen molar-refractivity contribution in [1.29, 1.82) is 0 Å². The van der Waals surface area contributed by atoms with E-state index in [1.54, 1.807) is 0 Å². The van der Waals surface area contributed by atoms with Crippen molar-refractivity contribution in [3.63, 3.8) is 0 Å². The molecule has 176 valence electrons. The smallest absolute Gasteiger partial charge is 0.132 e. The van der Waals surface area contributed by atoms with E-state index in [2.05, 4.69) is 52.1 Å². The fourth-order valence-corrected chi connectivity index (χ4v) is 4.37. The third kappa shape index (κ3) is 13.0. The molecule has 0 spiro atoms. The Morgan fingerprint density at radius 3 is 1.47 bits per heavy atom. The fourth-order valence-electron chi connectivity index (χ4n) is 4.37. The van der Waals surface area contributed by atoms with E-state index >= 15 is 0 Å². The van der Waals surface area contributed by atoms with Gasteiger partial charge in [-0.05, 0) is 50.3 Å². The van der Waals surface area contributed by atoms with Gasteiger partial charge >= 0.3 is 0 Å². The molecule has 0 bridgehead atoms. The number of nitrogens with zero attached hydrogens (tertiary/aromatic N) is 1. The van der Waals surface area contributed by atoms with Crippen molar-refractivity contribution in [2.45, 2.75) is 124 Å². The van der Waals surface area contributed by atoms with Crippen LogP contribution in [0.25, 0.3) is 0 Å². The molecule has 0 aliphatic carbocycles. The lowest BCUT2D eigenvalue weighted by atomic mass is 10.0. The van der Waals surface area contributed by atoms with E-state index in [1.807, 2.05) is 0 Å². The first-order chi connectivity index (χ1) is 14.2. The van der Waals surface area contributed by atoms with E-state index in [0.717, 1.165) is 4.48 Å². The van der Waals surface area contributed by atoms with Crippen LogP contribution in [0.2, 0.25) is 0 Å². The third-order valence-corrected chi connectivity index (χ3v) is 6.83. The molecule has 0 heterocycles. The molecule has 0 amide bonds. The number of hydrogen-bond acceptors (Lipinski definition) is 0. The summed E-state index contributed by atoms with van der Waals surface area (Å²) in [6, 6.07) is 9.54. The molecule has 1 aromatic rings. The predicted octanol–water partition coefficient (Wildman–Crippen LogP) is 6.08. The zero-order valence-corrected chi connectivity index (χ0v) is 21.6. The van der Waals surface area contributed by atoms with Crippen LogP contribution in [0.4, 0.5) is 5.69 Å². The molecule has 1 nitrogen and oxygen atoms in total. The molecule has 30 heavy (non-hydrogen) atoms. The summed E-state index contributed by atoms with van der Waals surface area (Å²) in [4.78, 5) is 0. The summed E-state index contributed by atoms with van der Waals surface area (Å²) in [7, 11) is 2.42. The molecule has 1 unspecified atom stereocenters. The Hall–Kier alpha value is -0.530. The molecule has 0 radical (unpaired) electrons. The molecule has 1 rings (SSSR count). The van der Waals surface area contributed by atoms with Gasteiger partial charge in [-0.3, -0.25) is 4.48 Å². The molecule has 0 aliphatic heterocycles. The van der Waals surface area contributed by atoms with E-state index in [1.165, 1.54) is 127 Å². The predicted molar refractivity (Wildman–Crippen MR) is 134 cm³/mol. The molecule has 2 heteroatoms. The van der Waals surface area contributed by atoms with E-state index in [-0.39, 0.29) is 12.4 Å². The van der Waals surface area contributed by atoms with Gasteiger partial charge in [-0.25, -0.2) is 0 Å². The van der Waals surface area contributed by atoms with Crippen molar-refractivity contribution in [1.82, 2.24) is 4.48 Å². The Labute approximate surface area is 196 Å². The molecular formula is C28H52ClN. The highest BCUT2D eigenvalue weighted by molar-refractivity contribution is 5.43. The van der Waals surface area contributed by atoms with Crippen molar-refractivity contribution in [3.05, 3.63) is 29.8 Å². The maximum Gasteiger partial charge on any atom is 0.132 e. The molecule has 1 atom stereocenters. The standard InChI is InChI=1S/C28H52N.ClH/c1-5-8-10-11-12-13-14-15-16-17-18-20-26-29(4,7-3)28-24-22-27(23-25-28)21-19-9-6-2;/h22-25H,5-21,26H2,1-4H3;1H/q+1;/p-1. The second-order valence-corrected chi connectivity index (χ2v) is 9.45. The summed E-state index contributed by atoms with van der Waals surface area (Å²) in [5, 5.41) is 0. The van der Waals surface area contributed by atoms with Gasteiger partial charge in [0.05, 0.1) is 20.1 Å². The van der Waals surface area contributed by atoms with E-state index in [4.69, 9.17) is 0 Å².